The smallest absolute Gasteiger partial charge is 0.158 e. The van der Waals surface area contributed by atoms with Crippen molar-refractivity contribution in [2.75, 3.05) is 19.0 Å². The van der Waals surface area contributed by atoms with Crippen molar-refractivity contribution < 1.29 is 13.9 Å². The molecule has 2 rings (SSSR count). The van der Waals surface area contributed by atoms with Gasteiger partial charge in [-0.3, -0.25) is 0 Å². The summed E-state index contributed by atoms with van der Waals surface area (Å²) in [6.07, 6.45) is 1.75. The van der Waals surface area contributed by atoms with Crippen LogP contribution in [0.25, 0.3) is 0 Å². The van der Waals surface area contributed by atoms with Gasteiger partial charge in [0.1, 0.15) is 5.82 Å². The molecule has 0 aliphatic carbocycles. The molecule has 0 atom stereocenters. The number of thioether (sulfide) groups is 1. The van der Waals surface area contributed by atoms with E-state index in [1.165, 1.54) is 6.07 Å². The molecule has 1 aliphatic heterocycles. The second kappa shape index (κ2) is 6.23. The third-order valence-corrected chi connectivity index (χ3v) is 3.34. The van der Waals surface area contributed by atoms with E-state index in [0.717, 1.165) is 36.7 Å². The number of ether oxygens (including phenoxy) is 2. The Kier molecular flexibility index (Phi) is 4.63. The molecule has 0 amide bonds. The molecule has 88 valence electrons. The molecule has 0 saturated carbocycles. The van der Waals surface area contributed by atoms with E-state index in [9.17, 15) is 4.39 Å². The molecule has 0 aromatic heterocycles. The molecule has 4 heteroatoms. The maximum Gasteiger partial charge on any atom is 0.158 e. The highest BCUT2D eigenvalue weighted by molar-refractivity contribution is 7.99. The molecule has 1 aliphatic rings. The van der Waals surface area contributed by atoms with Crippen LogP contribution in [0.15, 0.2) is 29.2 Å². The van der Waals surface area contributed by atoms with Crippen LogP contribution in [0.3, 0.4) is 0 Å². The van der Waals surface area contributed by atoms with E-state index in [1.807, 2.05) is 6.07 Å². The van der Waals surface area contributed by atoms with Crippen molar-refractivity contribution in [2.45, 2.75) is 24.0 Å². The predicted octanol–water partition coefficient (Wildman–Crippen LogP) is 3.07. The molecular weight excluding hydrogens is 227 g/mol. The van der Waals surface area contributed by atoms with Gasteiger partial charge in [-0.05, 0) is 24.6 Å². The highest BCUT2D eigenvalue weighted by Gasteiger charge is 2.13. The van der Waals surface area contributed by atoms with Gasteiger partial charge in [0, 0.05) is 17.1 Å². The largest absolute Gasteiger partial charge is 0.353 e. The molecule has 0 N–H and O–H groups in total. The van der Waals surface area contributed by atoms with Crippen molar-refractivity contribution in [1.29, 1.82) is 0 Å². The zero-order chi connectivity index (χ0) is 11.2. The normalized spacial score (nSPS) is 17.6. The first kappa shape index (κ1) is 11.9. The van der Waals surface area contributed by atoms with Crippen molar-refractivity contribution in [1.82, 2.24) is 0 Å². The lowest BCUT2D eigenvalue weighted by Crippen LogP contribution is -2.25. The van der Waals surface area contributed by atoms with E-state index < -0.39 is 0 Å². The summed E-state index contributed by atoms with van der Waals surface area (Å²) in [4.78, 5) is 0.954. The van der Waals surface area contributed by atoms with Crippen LogP contribution in [0.4, 0.5) is 4.39 Å². The maximum absolute atomic E-state index is 12.9. The molecule has 1 fully saturated rings. The fourth-order valence-corrected chi connectivity index (χ4v) is 2.45. The van der Waals surface area contributed by atoms with Gasteiger partial charge in [0.25, 0.3) is 0 Å². The summed E-state index contributed by atoms with van der Waals surface area (Å²) in [5, 5.41) is 0. The molecule has 0 spiro atoms. The number of halogens is 1. The molecule has 1 heterocycles. The van der Waals surface area contributed by atoms with Gasteiger partial charge in [0.15, 0.2) is 6.29 Å². The minimum absolute atomic E-state index is 0.0743. The van der Waals surface area contributed by atoms with E-state index in [2.05, 4.69) is 0 Å². The van der Waals surface area contributed by atoms with Crippen molar-refractivity contribution >= 4 is 11.8 Å². The highest BCUT2D eigenvalue weighted by atomic mass is 32.2. The zero-order valence-corrected chi connectivity index (χ0v) is 9.84. The van der Waals surface area contributed by atoms with Gasteiger partial charge in [0.05, 0.1) is 13.2 Å². The summed E-state index contributed by atoms with van der Waals surface area (Å²) in [5.74, 6) is 0.698. The standard InChI is InChI=1S/C12H15FO2S/c13-10-3-1-4-11(9-10)16-8-5-12-14-6-2-7-15-12/h1,3-4,9,12H,2,5-8H2. The van der Waals surface area contributed by atoms with E-state index >= 15 is 0 Å². The number of benzene rings is 1. The monoisotopic (exact) mass is 242 g/mol. The lowest BCUT2D eigenvalue weighted by atomic mass is 10.3. The first-order valence-corrected chi connectivity index (χ1v) is 6.45. The third kappa shape index (κ3) is 3.77. The van der Waals surface area contributed by atoms with E-state index in [-0.39, 0.29) is 12.1 Å². The second-order valence-electron chi connectivity index (χ2n) is 3.62. The van der Waals surface area contributed by atoms with Crippen molar-refractivity contribution in [2.24, 2.45) is 0 Å². The summed E-state index contributed by atoms with van der Waals surface area (Å²) in [6, 6.07) is 6.65. The van der Waals surface area contributed by atoms with E-state index in [4.69, 9.17) is 9.47 Å². The Bertz CT molecular complexity index is 327. The fraction of sp³-hybridized carbons (Fsp3) is 0.500. The van der Waals surface area contributed by atoms with Gasteiger partial charge in [-0.15, -0.1) is 11.8 Å². The van der Waals surface area contributed by atoms with Gasteiger partial charge in [-0.25, -0.2) is 4.39 Å². The molecule has 0 bridgehead atoms. The lowest BCUT2D eigenvalue weighted by Gasteiger charge is -2.22. The van der Waals surface area contributed by atoms with Crippen LogP contribution in [0.2, 0.25) is 0 Å². The van der Waals surface area contributed by atoms with Gasteiger partial charge in [-0.1, -0.05) is 6.07 Å². The van der Waals surface area contributed by atoms with Gasteiger partial charge >= 0.3 is 0 Å². The molecule has 1 saturated heterocycles. The van der Waals surface area contributed by atoms with Crippen molar-refractivity contribution in [3.63, 3.8) is 0 Å². The summed E-state index contributed by atoms with van der Waals surface area (Å²) in [5.41, 5.74) is 0. The Balaban J connectivity index is 1.71. The minimum atomic E-state index is -0.185. The molecule has 1 aromatic carbocycles. The summed E-state index contributed by atoms with van der Waals surface area (Å²) in [6.45, 7) is 1.57. The average Bonchev–Trinajstić information content (AvgIpc) is 2.30. The van der Waals surface area contributed by atoms with Crippen LogP contribution in [-0.2, 0) is 9.47 Å². The van der Waals surface area contributed by atoms with E-state index in [1.54, 1.807) is 23.9 Å². The van der Waals surface area contributed by atoms with E-state index in [0.29, 0.717) is 0 Å². The Morgan fingerprint density at radius 2 is 2.12 bits per heavy atom. The number of hydrogen-bond donors (Lipinski definition) is 0. The zero-order valence-electron chi connectivity index (χ0n) is 9.02. The van der Waals surface area contributed by atoms with Crippen LogP contribution in [0.1, 0.15) is 12.8 Å². The Morgan fingerprint density at radius 3 is 2.88 bits per heavy atom. The average molecular weight is 242 g/mol. The van der Waals surface area contributed by atoms with Crippen LogP contribution < -0.4 is 0 Å². The first-order valence-electron chi connectivity index (χ1n) is 5.46. The molecule has 16 heavy (non-hydrogen) atoms. The van der Waals surface area contributed by atoms with Crippen LogP contribution in [0, 0.1) is 5.82 Å². The quantitative estimate of drug-likeness (QED) is 0.756. The number of rotatable bonds is 4. The lowest BCUT2D eigenvalue weighted by molar-refractivity contribution is -0.178. The molecule has 2 nitrogen and oxygen atoms in total. The number of hydrogen-bond acceptors (Lipinski definition) is 3. The van der Waals surface area contributed by atoms with Gasteiger partial charge in [-0.2, -0.15) is 0 Å². The van der Waals surface area contributed by atoms with Crippen LogP contribution >= 0.6 is 11.8 Å². The fourth-order valence-electron chi connectivity index (χ4n) is 1.53. The van der Waals surface area contributed by atoms with Crippen LogP contribution in [-0.4, -0.2) is 25.3 Å². The third-order valence-electron chi connectivity index (χ3n) is 2.31. The summed E-state index contributed by atoms with van der Waals surface area (Å²) < 4.78 is 23.7. The van der Waals surface area contributed by atoms with Crippen LogP contribution in [0.5, 0.6) is 0 Å². The Labute approximate surface area is 99.1 Å². The minimum Gasteiger partial charge on any atom is -0.353 e. The van der Waals surface area contributed by atoms with Crippen molar-refractivity contribution in [3.05, 3.63) is 30.1 Å². The van der Waals surface area contributed by atoms with Gasteiger partial charge < -0.3 is 9.47 Å². The van der Waals surface area contributed by atoms with Crippen molar-refractivity contribution in [3.8, 4) is 0 Å². The maximum atomic E-state index is 12.9. The first-order chi connectivity index (χ1) is 7.84. The molecule has 1 aromatic rings. The SMILES string of the molecule is Fc1cccc(SCCC2OCCCO2)c1. The molecule has 0 unspecified atom stereocenters. The predicted molar refractivity (Wildman–Crippen MR) is 62.1 cm³/mol. The molecular formula is C12H15FO2S. The molecule has 0 radical (unpaired) electrons. The Morgan fingerprint density at radius 1 is 1.31 bits per heavy atom. The summed E-state index contributed by atoms with van der Waals surface area (Å²) in [7, 11) is 0. The second-order valence-corrected chi connectivity index (χ2v) is 4.79. The summed E-state index contributed by atoms with van der Waals surface area (Å²) >= 11 is 1.63. The Hall–Kier alpha value is -0.580. The topological polar surface area (TPSA) is 18.5 Å². The highest BCUT2D eigenvalue weighted by Crippen LogP contribution is 2.21. The van der Waals surface area contributed by atoms with Gasteiger partial charge in [0.2, 0.25) is 0 Å².